The zero-order valence-electron chi connectivity index (χ0n) is 10.3. The van der Waals surface area contributed by atoms with Crippen LogP contribution in [0.5, 0.6) is 0 Å². The Morgan fingerprint density at radius 2 is 2.12 bits per heavy atom. The molecule has 3 heteroatoms. The summed E-state index contributed by atoms with van der Waals surface area (Å²) in [5.41, 5.74) is 4.06. The van der Waals surface area contributed by atoms with Gasteiger partial charge in [0.15, 0.2) is 0 Å². The van der Waals surface area contributed by atoms with Gasteiger partial charge in [-0.05, 0) is 29.2 Å². The SMILES string of the molecule is CC1C(c2cccnc2)=Cc2c(sn2C)C1C. The summed E-state index contributed by atoms with van der Waals surface area (Å²) in [6.45, 7) is 4.63. The zero-order valence-corrected chi connectivity index (χ0v) is 11.2. The van der Waals surface area contributed by atoms with Crippen LogP contribution in [0.1, 0.15) is 35.9 Å². The normalized spacial score (nSPS) is 23.4. The van der Waals surface area contributed by atoms with Crippen molar-refractivity contribution < 1.29 is 0 Å². The average Bonchev–Trinajstić information content (AvgIpc) is 2.35. The lowest BCUT2D eigenvalue weighted by Crippen LogP contribution is -2.19. The van der Waals surface area contributed by atoms with Gasteiger partial charge in [0, 0.05) is 30.2 Å². The van der Waals surface area contributed by atoms with Crippen LogP contribution in [0.25, 0.3) is 11.6 Å². The number of fused-ring (bicyclic) bond motifs is 1. The van der Waals surface area contributed by atoms with Gasteiger partial charge >= 0.3 is 0 Å². The van der Waals surface area contributed by atoms with E-state index in [0.717, 1.165) is 0 Å². The Kier molecular flexibility index (Phi) is 2.44. The van der Waals surface area contributed by atoms with Crippen LogP contribution < -0.4 is 0 Å². The molecule has 0 radical (unpaired) electrons. The summed E-state index contributed by atoms with van der Waals surface area (Å²) in [5.74, 6) is 1.19. The number of rotatable bonds is 1. The highest BCUT2D eigenvalue weighted by Gasteiger charge is 2.30. The molecule has 88 valence electrons. The van der Waals surface area contributed by atoms with Crippen molar-refractivity contribution in [3.05, 3.63) is 40.7 Å². The first-order valence-electron chi connectivity index (χ1n) is 5.96. The molecular weight excluding hydrogens is 228 g/mol. The Hall–Kier alpha value is -1.35. The highest BCUT2D eigenvalue weighted by molar-refractivity contribution is 7.08. The molecule has 1 aliphatic rings. The Morgan fingerprint density at radius 3 is 2.76 bits per heavy atom. The van der Waals surface area contributed by atoms with Gasteiger partial charge in [0.25, 0.3) is 0 Å². The second-order valence-corrected chi connectivity index (χ2v) is 5.93. The quantitative estimate of drug-likeness (QED) is 0.746. The summed E-state index contributed by atoms with van der Waals surface area (Å²) in [4.78, 5) is 5.76. The summed E-state index contributed by atoms with van der Waals surface area (Å²) in [7, 11) is 2.13. The Labute approximate surface area is 106 Å². The van der Waals surface area contributed by atoms with Crippen molar-refractivity contribution in [2.45, 2.75) is 19.8 Å². The fourth-order valence-electron chi connectivity index (χ4n) is 2.49. The van der Waals surface area contributed by atoms with E-state index in [0.29, 0.717) is 11.8 Å². The van der Waals surface area contributed by atoms with Crippen molar-refractivity contribution in [1.29, 1.82) is 0 Å². The minimum Gasteiger partial charge on any atom is -0.300 e. The number of hydrogen-bond donors (Lipinski definition) is 0. The lowest BCUT2D eigenvalue weighted by molar-refractivity contribution is 0.599. The van der Waals surface area contributed by atoms with E-state index in [9.17, 15) is 0 Å². The van der Waals surface area contributed by atoms with E-state index in [2.05, 4.69) is 42.0 Å². The standard InChI is InChI=1S/C14H16N2S/c1-9-10(2)14-13(16(3)17-14)7-12(9)11-5-4-6-15-8-11/h4-10H,1-3H3. The van der Waals surface area contributed by atoms with Crippen molar-refractivity contribution >= 4 is 23.2 Å². The first-order valence-corrected chi connectivity index (χ1v) is 6.73. The van der Waals surface area contributed by atoms with Crippen LogP contribution in [0.4, 0.5) is 0 Å². The zero-order chi connectivity index (χ0) is 12.0. The first-order chi connectivity index (χ1) is 8.18. The lowest BCUT2D eigenvalue weighted by Gasteiger charge is -2.32. The molecule has 17 heavy (non-hydrogen) atoms. The molecular formula is C14H16N2S. The van der Waals surface area contributed by atoms with Crippen molar-refractivity contribution in [2.24, 2.45) is 13.0 Å². The second-order valence-electron chi connectivity index (χ2n) is 4.76. The van der Waals surface area contributed by atoms with E-state index in [-0.39, 0.29) is 0 Å². The maximum absolute atomic E-state index is 4.22. The highest BCUT2D eigenvalue weighted by Crippen LogP contribution is 2.45. The van der Waals surface area contributed by atoms with Gasteiger partial charge in [-0.3, -0.25) is 8.94 Å². The molecule has 2 unspecified atom stereocenters. The molecule has 2 nitrogen and oxygen atoms in total. The molecule has 0 N–H and O–H groups in total. The number of aryl methyl sites for hydroxylation is 1. The van der Waals surface area contributed by atoms with Crippen LogP contribution in [0.15, 0.2) is 24.5 Å². The van der Waals surface area contributed by atoms with Crippen molar-refractivity contribution in [2.75, 3.05) is 0 Å². The van der Waals surface area contributed by atoms with Gasteiger partial charge in [-0.15, -0.1) is 0 Å². The van der Waals surface area contributed by atoms with E-state index in [1.165, 1.54) is 21.7 Å². The van der Waals surface area contributed by atoms with Gasteiger partial charge in [-0.2, -0.15) is 0 Å². The maximum atomic E-state index is 4.22. The van der Waals surface area contributed by atoms with Crippen LogP contribution in [0, 0.1) is 5.92 Å². The van der Waals surface area contributed by atoms with Gasteiger partial charge in [0.1, 0.15) is 0 Å². The third-order valence-corrected chi connectivity index (χ3v) is 5.02. The molecule has 0 aromatic carbocycles. The molecule has 2 heterocycles. The molecule has 0 aliphatic heterocycles. The molecule has 2 aromatic rings. The monoisotopic (exact) mass is 244 g/mol. The first kappa shape index (κ1) is 10.8. The minimum absolute atomic E-state index is 0.569. The summed E-state index contributed by atoms with van der Waals surface area (Å²) in [6.07, 6.45) is 6.12. The number of allylic oxidation sites excluding steroid dienone is 1. The molecule has 2 atom stereocenters. The summed E-state index contributed by atoms with van der Waals surface area (Å²) in [5, 5.41) is 0. The fourth-order valence-corrected chi connectivity index (χ4v) is 3.57. The van der Waals surface area contributed by atoms with E-state index in [1.54, 1.807) is 0 Å². The molecule has 0 bridgehead atoms. The highest BCUT2D eigenvalue weighted by atomic mass is 32.1. The summed E-state index contributed by atoms with van der Waals surface area (Å²) in [6, 6.07) is 4.16. The predicted molar refractivity (Wildman–Crippen MR) is 73.0 cm³/mol. The largest absolute Gasteiger partial charge is 0.300 e. The van der Waals surface area contributed by atoms with Crippen LogP contribution in [-0.2, 0) is 7.05 Å². The maximum Gasteiger partial charge on any atom is 0.0656 e. The molecule has 0 amide bonds. The van der Waals surface area contributed by atoms with Crippen LogP contribution >= 0.6 is 11.5 Å². The van der Waals surface area contributed by atoms with Crippen LogP contribution in [0.3, 0.4) is 0 Å². The second kappa shape index (κ2) is 3.84. The molecule has 0 saturated heterocycles. The van der Waals surface area contributed by atoms with Crippen molar-refractivity contribution in [3.63, 3.8) is 0 Å². The minimum atomic E-state index is 0.569. The molecule has 2 aromatic heterocycles. The molecule has 0 saturated carbocycles. The van der Waals surface area contributed by atoms with E-state index in [1.807, 2.05) is 30.0 Å². The smallest absolute Gasteiger partial charge is 0.0656 e. The fraction of sp³-hybridized carbons (Fsp3) is 0.357. The number of aromatic nitrogens is 2. The Balaban J connectivity index is 2.10. The predicted octanol–water partition coefficient (Wildman–Crippen LogP) is 3.78. The van der Waals surface area contributed by atoms with Crippen LogP contribution in [-0.4, -0.2) is 8.94 Å². The lowest BCUT2D eigenvalue weighted by atomic mass is 9.80. The number of nitrogens with zero attached hydrogens (tertiary/aromatic N) is 2. The summed E-state index contributed by atoms with van der Waals surface area (Å²) < 4.78 is 2.24. The third-order valence-electron chi connectivity index (χ3n) is 3.77. The number of hydrogen-bond acceptors (Lipinski definition) is 2. The van der Waals surface area contributed by atoms with Gasteiger partial charge in [0.05, 0.1) is 5.69 Å². The topological polar surface area (TPSA) is 17.8 Å². The van der Waals surface area contributed by atoms with Gasteiger partial charge in [-0.25, -0.2) is 0 Å². The van der Waals surface area contributed by atoms with Crippen molar-refractivity contribution in [3.8, 4) is 0 Å². The Morgan fingerprint density at radius 1 is 1.29 bits per heavy atom. The van der Waals surface area contributed by atoms with Crippen LogP contribution in [0.2, 0.25) is 0 Å². The molecule has 1 aliphatic carbocycles. The van der Waals surface area contributed by atoms with E-state index >= 15 is 0 Å². The molecule has 3 rings (SSSR count). The van der Waals surface area contributed by atoms with Gasteiger partial charge in [-0.1, -0.05) is 31.4 Å². The van der Waals surface area contributed by atoms with E-state index < -0.39 is 0 Å². The third kappa shape index (κ3) is 1.57. The summed E-state index contributed by atoms with van der Waals surface area (Å²) >= 11 is 1.87. The van der Waals surface area contributed by atoms with Crippen molar-refractivity contribution in [1.82, 2.24) is 8.94 Å². The Bertz CT molecular complexity index is 562. The molecule has 0 fully saturated rings. The van der Waals surface area contributed by atoms with Gasteiger partial charge < -0.3 is 0 Å². The molecule has 0 spiro atoms. The van der Waals surface area contributed by atoms with E-state index in [4.69, 9.17) is 0 Å². The average molecular weight is 244 g/mol. The number of pyridine rings is 1. The van der Waals surface area contributed by atoms with Gasteiger partial charge in [0.2, 0.25) is 0 Å².